The fraction of sp³-hybridized carbons (Fsp3) is 0.167. The summed E-state index contributed by atoms with van der Waals surface area (Å²) in [5.41, 5.74) is 1.85. The Labute approximate surface area is 97.9 Å². The third-order valence-electron chi connectivity index (χ3n) is 2.05. The minimum atomic E-state index is -0.201. The van der Waals surface area contributed by atoms with Gasteiger partial charge < -0.3 is 0 Å². The van der Waals surface area contributed by atoms with Gasteiger partial charge in [-0.3, -0.25) is 0 Å². The number of benzene rings is 1. The summed E-state index contributed by atoms with van der Waals surface area (Å²) in [5.74, 6) is 0.503. The lowest BCUT2D eigenvalue weighted by Crippen LogP contribution is -1.88. The molecular weight excluding hydrogens is 223 g/mol. The first-order chi connectivity index (χ1) is 7.74. The molecule has 0 radical (unpaired) electrons. The molecule has 2 aromatic rings. The van der Waals surface area contributed by atoms with Crippen LogP contribution in [0.25, 0.3) is 0 Å². The lowest BCUT2D eigenvalue weighted by molar-refractivity contribution is 0.626. The molecule has 0 amide bonds. The summed E-state index contributed by atoms with van der Waals surface area (Å²) in [4.78, 5) is 0. The first kappa shape index (κ1) is 11.1. The van der Waals surface area contributed by atoms with Crippen LogP contribution in [0.5, 0.6) is 0 Å². The maximum atomic E-state index is 12.9. The molecule has 1 aromatic carbocycles. The molecule has 1 heterocycles. The van der Waals surface area contributed by atoms with Gasteiger partial charge in [0, 0.05) is 5.75 Å². The molecule has 2 nitrogen and oxygen atoms in total. The largest absolute Gasteiger partial charge is 0.207 e. The lowest BCUT2D eigenvalue weighted by Gasteiger charge is -2.01. The summed E-state index contributed by atoms with van der Waals surface area (Å²) in [7, 11) is 0. The minimum Gasteiger partial charge on any atom is -0.207 e. The lowest BCUT2D eigenvalue weighted by atomic mass is 10.2. The van der Waals surface area contributed by atoms with Crippen LogP contribution >= 0.6 is 11.8 Å². The summed E-state index contributed by atoms with van der Waals surface area (Å²) in [6.07, 6.45) is 0. The molecule has 0 saturated carbocycles. The van der Waals surface area contributed by atoms with Crippen LogP contribution in [0, 0.1) is 12.7 Å². The zero-order valence-electron chi connectivity index (χ0n) is 8.85. The molecule has 2 rings (SSSR count). The van der Waals surface area contributed by atoms with Gasteiger partial charge in [0.15, 0.2) is 0 Å². The van der Waals surface area contributed by atoms with E-state index in [1.807, 2.05) is 25.1 Å². The van der Waals surface area contributed by atoms with Crippen molar-refractivity contribution in [3.63, 3.8) is 0 Å². The normalized spacial score (nSPS) is 10.4. The Balaban J connectivity index is 1.99. The van der Waals surface area contributed by atoms with Gasteiger partial charge in [0.2, 0.25) is 0 Å². The van der Waals surface area contributed by atoms with Crippen molar-refractivity contribution in [3.8, 4) is 0 Å². The van der Waals surface area contributed by atoms with Crippen LogP contribution in [0.1, 0.15) is 11.3 Å². The molecule has 4 heteroatoms. The molecular formula is C12H11FN2S. The Kier molecular flexibility index (Phi) is 3.51. The highest BCUT2D eigenvalue weighted by molar-refractivity contribution is 7.98. The highest BCUT2D eigenvalue weighted by atomic mass is 32.2. The van der Waals surface area contributed by atoms with E-state index in [0.29, 0.717) is 5.75 Å². The first-order valence-corrected chi connectivity index (χ1v) is 5.90. The first-order valence-electron chi connectivity index (χ1n) is 4.91. The number of hydrogen-bond acceptors (Lipinski definition) is 3. The van der Waals surface area contributed by atoms with E-state index >= 15 is 0 Å². The van der Waals surface area contributed by atoms with Crippen LogP contribution < -0.4 is 0 Å². The summed E-state index contributed by atoms with van der Waals surface area (Å²) in [5, 5.41) is 8.86. The second-order valence-electron chi connectivity index (χ2n) is 3.43. The van der Waals surface area contributed by atoms with Crippen molar-refractivity contribution in [2.45, 2.75) is 17.7 Å². The number of rotatable bonds is 3. The smallest absolute Gasteiger partial charge is 0.123 e. The number of hydrogen-bond donors (Lipinski definition) is 0. The Morgan fingerprint density at radius 3 is 2.75 bits per heavy atom. The summed E-state index contributed by atoms with van der Waals surface area (Å²) >= 11 is 1.55. The third-order valence-corrected chi connectivity index (χ3v) is 3.04. The van der Waals surface area contributed by atoms with Crippen LogP contribution in [0.4, 0.5) is 4.39 Å². The number of thioether (sulfide) groups is 1. The molecule has 1 aromatic heterocycles. The summed E-state index contributed by atoms with van der Waals surface area (Å²) in [6, 6.07) is 10.4. The van der Waals surface area contributed by atoms with Gasteiger partial charge in [-0.1, -0.05) is 23.9 Å². The Bertz CT molecular complexity index is 471. The van der Waals surface area contributed by atoms with Crippen LogP contribution in [0.3, 0.4) is 0 Å². The van der Waals surface area contributed by atoms with Gasteiger partial charge in [-0.05, 0) is 36.8 Å². The van der Waals surface area contributed by atoms with E-state index in [2.05, 4.69) is 10.2 Å². The van der Waals surface area contributed by atoms with Crippen molar-refractivity contribution in [3.05, 3.63) is 53.5 Å². The van der Waals surface area contributed by atoms with E-state index in [9.17, 15) is 4.39 Å². The predicted molar refractivity (Wildman–Crippen MR) is 62.7 cm³/mol. The van der Waals surface area contributed by atoms with Gasteiger partial charge in [0.05, 0.1) is 5.69 Å². The molecule has 0 aliphatic heterocycles. The third kappa shape index (κ3) is 3.03. The van der Waals surface area contributed by atoms with Crippen molar-refractivity contribution in [2.75, 3.05) is 0 Å². The van der Waals surface area contributed by atoms with Gasteiger partial charge in [-0.15, -0.1) is 5.10 Å². The Hall–Kier alpha value is -1.42. The van der Waals surface area contributed by atoms with Gasteiger partial charge in [-0.2, -0.15) is 5.10 Å². The maximum Gasteiger partial charge on any atom is 0.123 e. The van der Waals surface area contributed by atoms with Crippen molar-refractivity contribution in [1.82, 2.24) is 10.2 Å². The van der Waals surface area contributed by atoms with Crippen LogP contribution in [0.2, 0.25) is 0 Å². The molecule has 0 N–H and O–H groups in total. The molecule has 0 fully saturated rings. The van der Waals surface area contributed by atoms with E-state index < -0.39 is 0 Å². The number of aromatic nitrogens is 2. The Morgan fingerprint density at radius 2 is 2.06 bits per heavy atom. The molecule has 0 unspecified atom stereocenters. The monoisotopic (exact) mass is 234 g/mol. The highest BCUT2D eigenvalue weighted by Gasteiger charge is 1.99. The molecule has 0 atom stereocenters. The quantitative estimate of drug-likeness (QED) is 0.763. The van der Waals surface area contributed by atoms with Gasteiger partial charge in [0.25, 0.3) is 0 Å². The van der Waals surface area contributed by atoms with Crippen molar-refractivity contribution in [1.29, 1.82) is 0 Å². The SMILES string of the molecule is Cc1ccc(SCc2cccc(F)c2)nn1. The topological polar surface area (TPSA) is 25.8 Å². The maximum absolute atomic E-state index is 12.9. The molecule has 82 valence electrons. The molecule has 16 heavy (non-hydrogen) atoms. The fourth-order valence-corrected chi connectivity index (χ4v) is 2.00. The number of halogens is 1. The molecule has 0 saturated heterocycles. The minimum absolute atomic E-state index is 0.201. The van der Waals surface area contributed by atoms with E-state index in [0.717, 1.165) is 16.3 Å². The summed E-state index contributed by atoms with van der Waals surface area (Å²) in [6.45, 7) is 1.90. The zero-order chi connectivity index (χ0) is 11.4. The highest BCUT2D eigenvalue weighted by Crippen LogP contribution is 2.20. The van der Waals surface area contributed by atoms with Crippen molar-refractivity contribution in [2.24, 2.45) is 0 Å². The van der Waals surface area contributed by atoms with E-state index in [1.54, 1.807) is 17.8 Å². The number of aryl methyl sites for hydroxylation is 1. The van der Waals surface area contributed by atoms with Crippen molar-refractivity contribution < 1.29 is 4.39 Å². The molecule has 0 aliphatic carbocycles. The Morgan fingerprint density at radius 1 is 1.19 bits per heavy atom. The van der Waals surface area contributed by atoms with E-state index in [1.165, 1.54) is 12.1 Å². The van der Waals surface area contributed by atoms with E-state index in [-0.39, 0.29) is 5.82 Å². The predicted octanol–water partition coefficient (Wildman–Crippen LogP) is 3.22. The zero-order valence-corrected chi connectivity index (χ0v) is 9.67. The molecule has 0 bridgehead atoms. The summed E-state index contributed by atoms with van der Waals surface area (Å²) < 4.78 is 12.9. The standard InChI is InChI=1S/C12H11FN2S/c1-9-5-6-12(15-14-9)16-8-10-3-2-4-11(13)7-10/h2-7H,8H2,1H3. The fourth-order valence-electron chi connectivity index (χ4n) is 1.25. The average Bonchev–Trinajstić information content (AvgIpc) is 2.28. The molecule has 0 aliphatic rings. The molecule has 0 spiro atoms. The van der Waals surface area contributed by atoms with Gasteiger partial charge in [-0.25, -0.2) is 4.39 Å². The van der Waals surface area contributed by atoms with Crippen LogP contribution in [-0.4, -0.2) is 10.2 Å². The van der Waals surface area contributed by atoms with Crippen LogP contribution in [0.15, 0.2) is 41.4 Å². The average molecular weight is 234 g/mol. The van der Waals surface area contributed by atoms with E-state index in [4.69, 9.17) is 0 Å². The van der Waals surface area contributed by atoms with Crippen molar-refractivity contribution >= 4 is 11.8 Å². The number of nitrogens with zero attached hydrogens (tertiary/aromatic N) is 2. The van der Waals surface area contributed by atoms with Gasteiger partial charge in [0.1, 0.15) is 10.8 Å². The second-order valence-corrected chi connectivity index (χ2v) is 4.43. The van der Waals surface area contributed by atoms with Crippen LogP contribution in [-0.2, 0) is 5.75 Å². The second kappa shape index (κ2) is 5.07. The van der Waals surface area contributed by atoms with Gasteiger partial charge >= 0.3 is 0 Å².